The molecule has 1 saturated heterocycles. The molecule has 0 bridgehead atoms. The van der Waals surface area contributed by atoms with E-state index in [9.17, 15) is 22.8 Å². The molecule has 1 aliphatic rings. The van der Waals surface area contributed by atoms with Gasteiger partial charge >= 0.3 is 6.18 Å². The zero-order valence-electron chi connectivity index (χ0n) is 20.7. The van der Waals surface area contributed by atoms with Crippen LogP contribution < -0.4 is 20.7 Å². The molecule has 2 unspecified atom stereocenters. The monoisotopic (exact) mass is 526 g/mol. The van der Waals surface area contributed by atoms with E-state index in [1.807, 2.05) is 6.92 Å². The minimum atomic E-state index is -4.88. The van der Waals surface area contributed by atoms with Crippen LogP contribution in [0.1, 0.15) is 61.7 Å². The minimum absolute atomic E-state index is 0.0875. The van der Waals surface area contributed by atoms with Crippen LogP contribution in [0.25, 0.3) is 0 Å². The minimum Gasteiger partial charge on any atom is -0.475 e. The number of pyridine rings is 1. The van der Waals surface area contributed by atoms with Gasteiger partial charge in [0.2, 0.25) is 17.7 Å². The first-order valence-electron chi connectivity index (χ1n) is 11.9. The lowest BCUT2D eigenvalue weighted by Crippen LogP contribution is -2.47. The highest BCUT2D eigenvalue weighted by atomic mass is 19.4. The third-order valence-electron chi connectivity index (χ3n) is 5.74. The van der Waals surface area contributed by atoms with Crippen molar-refractivity contribution in [1.29, 1.82) is 0 Å². The Morgan fingerprint density at radius 1 is 1.22 bits per heavy atom. The average Bonchev–Trinajstić information content (AvgIpc) is 2.84. The normalized spacial score (nSPS) is 18.0. The summed E-state index contributed by atoms with van der Waals surface area (Å²) < 4.78 is 67.7. The molecule has 1 fully saturated rings. The fourth-order valence-corrected chi connectivity index (χ4v) is 3.80. The number of aromatic nitrogens is 1. The van der Waals surface area contributed by atoms with Crippen molar-refractivity contribution in [2.45, 2.75) is 52.1 Å². The van der Waals surface area contributed by atoms with Crippen molar-refractivity contribution in [3.63, 3.8) is 0 Å². The first-order valence-corrected chi connectivity index (χ1v) is 11.9. The molecule has 2 amide bonds. The smallest absolute Gasteiger partial charge is 0.416 e. The average molecular weight is 527 g/mol. The van der Waals surface area contributed by atoms with Gasteiger partial charge in [-0.15, -0.1) is 0 Å². The molecule has 2 atom stereocenters. The van der Waals surface area contributed by atoms with E-state index in [0.717, 1.165) is 12.1 Å². The Bertz CT molecular complexity index is 1090. The van der Waals surface area contributed by atoms with Crippen molar-refractivity contribution in [2.24, 2.45) is 5.92 Å². The Labute approximate surface area is 212 Å². The van der Waals surface area contributed by atoms with Gasteiger partial charge in [0, 0.05) is 54.9 Å². The topological polar surface area (TPSA) is 102 Å². The predicted octanol–water partition coefficient (Wildman–Crippen LogP) is 3.78. The van der Waals surface area contributed by atoms with Crippen molar-refractivity contribution in [3.05, 3.63) is 58.5 Å². The number of ether oxygens (including phenoxy) is 2. The van der Waals surface area contributed by atoms with Crippen LogP contribution in [-0.4, -0.2) is 36.6 Å². The Kier molecular flexibility index (Phi) is 9.44. The second kappa shape index (κ2) is 12.3. The van der Waals surface area contributed by atoms with E-state index in [-0.39, 0.29) is 30.4 Å². The summed E-state index contributed by atoms with van der Waals surface area (Å²) in [6.45, 7) is 6.07. The summed E-state index contributed by atoms with van der Waals surface area (Å²) in [7, 11) is 0. The van der Waals surface area contributed by atoms with Gasteiger partial charge in [-0.3, -0.25) is 14.9 Å². The zero-order valence-corrected chi connectivity index (χ0v) is 20.7. The summed E-state index contributed by atoms with van der Waals surface area (Å²) in [5.41, 5.74) is -1.58. The van der Waals surface area contributed by atoms with Gasteiger partial charge in [-0.05, 0) is 18.6 Å². The van der Waals surface area contributed by atoms with E-state index in [0.29, 0.717) is 31.3 Å². The Morgan fingerprint density at radius 2 is 1.97 bits per heavy atom. The van der Waals surface area contributed by atoms with E-state index in [2.05, 4.69) is 20.9 Å². The molecule has 3 rings (SSSR count). The highest BCUT2D eigenvalue weighted by Crippen LogP contribution is 2.38. The van der Waals surface area contributed by atoms with Gasteiger partial charge < -0.3 is 20.1 Å². The number of hydrogen-bond acceptors (Lipinski definition) is 6. The molecular formula is C25H30F4N4O4. The van der Waals surface area contributed by atoms with Crippen LogP contribution in [0, 0.1) is 11.7 Å². The number of carbonyl (C=O) groups excluding carboxylic acids is 2. The molecule has 2 aromatic rings. The van der Waals surface area contributed by atoms with Crippen molar-refractivity contribution < 1.29 is 36.6 Å². The Balaban J connectivity index is 1.86. The molecule has 12 heteroatoms. The van der Waals surface area contributed by atoms with Gasteiger partial charge in [-0.2, -0.15) is 13.2 Å². The predicted molar refractivity (Wildman–Crippen MR) is 126 cm³/mol. The molecule has 0 aliphatic carbocycles. The molecule has 2 heterocycles. The van der Waals surface area contributed by atoms with Crippen LogP contribution in [0.5, 0.6) is 5.88 Å². The lowest BCUT2D eigenvalue weighted by molar-refractivity contribution is -0.139. The lowest BCUT2D eigenvalue weighted by Gasteiger charge is -2.34. The number of hydrogen-bond donors (Lipinski definition) is 3. The Hall–Kier alpha value is -3.25. The fraction of sp³-hybridized carbons (Fsp3) is 0.480. The van der Waals surface area contributed by atoms with Crippen LogP contribution in [0.2, 0.25) is 0 Å². The third kappa shape index (κ3) is 7.39. The standard InChI is InChI=1S/C25H30F4N4O4/c1-4-36-9-10-37-20-8-6-15(12-30-20)18-11-19(34)33-23(32-18)21-17(25(27,28)29)7-5-16(22(21)26)13-31-24(35)14(2)3/h5-8,12,14,18,23,32H,4,9-11,13H2,1-3H3,(H,31,35)(H,33,34). The molecule has 37 heavy (non-hydrogen) atoms. The molecule has 1 aromatic heterocycles. The number of carbonyl (C=O) groups is 2. The van der Waals surface area contributed by atoms with Crippen molar-refractivity contribution in [3.8, 4) is 5.88 Å². The number of amides is 2. The summed E-state index contributed by atoms with van der Waals surface area (Å²) in [5.74, 6) is -2.15. The van der Waals surface area contributed by atoms with Crippen LogP contribution in [0.3, 0.4) is 0 Å². The number of rotatable bonds is 10. The molecule has 0 spiro atoms. The molecule has 202 valence electrons. The summed E-state index contributed by atoms with van der Waals surface area (Å²) in [4.78, 5) is 28.5. The van der Waals surface area contributed by atoms with Gasteiger partial charge in [0.25, 0.3) is 0 Å². The molecule has 1 aromatic carbocycles. The molecular weight excluding hydrogens is 496 g/mol. The number of halogens is 4. The van der Waals surface area contributed by atoms with Crippen molar-refractivity contribution in [1.82, 2.24) is 20.9 Å². The van der Waals surface area contributed by atoms with Gasteiger partial charge in [-0.25, -0.2) is 9.37 Å². The maximum Gasteiger partial charge on any atom is 0.416 e. The molecule has 3 N–H and O–H groups in total. The Morgan fingerprint density at radius 3 is 2.59 bits per heavy atom. The van der Waals surface area contributed by atoms with Crippen LogP contribution >= 0.6 is 0 Å². The van der Waals surface area contributed by atoms with Gasteiger partial charge in [0.15, 0.2) is 0 Å². The highest BCUT2D eigenvalue weighted by Gasteiger charge is 2.40. The number of nitrogens with one attached hydrogen (secondary N) is 3. The summed E-state index contributed by atoms with van der Waals surface area (Å²) in [6.07, 6.45) is -4.99. The molecule has 8 nitrogen and oxygen atoms in total. The molecule has 0 radical (unpaired) electrons. The molecule has 0 saturated carbocycles. The van der Waals surface area contributed by atoms with Crippen LogP contribution in [0.15, 0.2) is 30.5 Å². The second-order valence-corrected chi connectivity index (χ2v) is 8.77. The first kappa shape index (κ1) is 28.3. The van der Waals surface area contributed by atoms with Crippen LogP contribution in [-0.2, 0) is 27.0 Å². The summed E-state index contributed by atoms with van der Waals surface area (Å²) in [5, 5.41) is 7.81. The van der Waals surface area contributed by atoms with Gasteiger partial charge in [0.1, 0.15) is 18.6 Å². The molecule has 1 aliphatic heterocycles. The third-order valence-corrected chi connectivity index (χ3v) is 5.74. The van der Waals surface area contributed by atoms with Gasteiger partial charge in [-0.1, -0.05) is 26.0 Å². The number of benzene rings is 1. The zero-order chi connectivity index (χ0) is 27.2. The lowest BCUT2D eigenvalue weighted by atomic mass is 9.95. The van der Waals surface area contributed by atoms with Gasteiger partial charge in [0.05, 0.1) is 12.2 Å². The maximum absolute atomic E-state index is 15.5. The SMILES string of the molecule is CCOCCOc1ccc(C2CC(=O)NC(c3c(C(F)(F)F)ccc(CNC(=O)C(C)C)c3F)N2)cn1. The van der Waals surface area contributed by atoms with E-state index < -0.39 is 41.2 Å². The highest BCUT2D eigenvalue weighted by molar-refractivity contribution is 5.78. The van der Waals surface area contributed by atoms with Crippen LogP contribution in [0.4, 0.5) is 17.6 Å². The summed E-state index contributed by atoms with van der Waals surface area (Å²) >= 11 is 0. The first-order chi connectivity index (χ1) is 17.5. The second-order valence-electron chi connectivity index (χ2n) is 8.77. The van der Waals surface area contributed by atoms with E-state index in [1.54, 1.807) is 26.0 Å². The number of nitrogens with zero attached hydrogens (tertiary/aromatic N) is 1. The fourth-order valence-electron chi connectivity index (χ4n) is 3.80. The van der Waals surface area contributed by atoms with Crippen molar-refractivity contribution >= 4 is 11.8 Å². The quantitative estimate of drug-likeness (QED) is 0.322. The largest absolute Gasteiger partial charge is 0.475 e. The van der Waals surface area contributed by atoms with Crippen molar-refractivity contribution in [2.75, 3.05) is 19.8 Å². The maximum atomic E-state index is 15.5. The van der Waals surface area contributed by atoms with E-state index >= 15 is 4.39 Å². The summed E-state index contributed by atoms with van der Waals surface area (Å²) in [6, 6.07) is 4.22. The van der Waals surface area contributed by atoms with E-state index in [1.165, 1.54) is 6.20 Å². The van der Waals surface area contributed by atoms with E-state index in [4.69, 9.17) is 9.47 Å². The number of alkyl halides is 3.